The Morgan fingerprint density at radius 2 is 2.07 bits per heavy atom. The van der Waals surface area contributed by atoms with E-state index in [1.54, 1.807) is 43.5 Å². The van der Waals surface area contributed by atoms with Crippen molar-refractivity contribution in [2.45, 2.75) is 12.8 Å². The summed E-state index contributed by atoms with van der Waals surface area (Å²) in [4.78, 5) is 26.9. The Morgan fingerprint density at radius 1 is 1.28 bits per heavy atom. The molecule has 1 N–H and O–H groups in total. The van der Waals surface area contributed by atoms with Crippen molar-refractivity contribution < 1.29 is 14.3 Å². The maximum absolute atomic E-state index is 12.7. The molecule has 2 aromatic rings. The number of thiocarbonyl (C=S) groups is 1. The lowest BCUT2D eigenvalue weighted by molar-refractivity contribution is -0.122. The minimum absolute atomic E-state index is 0.129. The van der Waals surface area contributed by atoms with Gasteiger partial charge < -0.3 is 10.1 Å². The SMILES string of the molecule is COc1cccc(NC(=O)CCCN2C(=O)/C(=C\c3ccccc3Cl)SC2=S)c1. The number of nitrogens with one attached hydrogen (secondary N) is 1. The van der Waals surface area contributed by atoms with E-state index in [-0.39, 0.29) is 18.2 Å². The van der Waals surface area contributed by atoms with Crippen molar-refractivity contribution in [1.29, 1.82) is 0 Å². The van der Waals surface area contributed by atoms with Crippen molar-refractivity contribution in [1.82, 2.24) is 4.90 Å². The molecule has 3 rings (SSSR count). The van der Waals surface area contributed by atoms with Crippen LogP contribution in [0.25, 0.3) is 6.08 Å². The number of rotatable bonds is 7. The van der Waals surface area contributed by atoms with E-state index in [0.29, 0.717) is 38.7 Å². The predicted molar refractivity (Wildman–Crippen MR) is 122 cm³/mol. The Morgan fingerprint density at radius 3 is 2.83 bits per heavy atom. The number of anilines is 1. The molecule has 0 spiro atoms. The lowest BCUT2D eigenvalue weighted by Crippen LogP contribution is -2.29. The van der Waals surface area contributed by atoms with Crippen molar-refractivity contribution in [3.8, 4) is 5.75 Å². The van der Waals surface area contributed by atoms with Crippen LogP contribution in [-0.2, 0) is 9.59 Å². The molecule has 1 fully saturated rings. The topological polar surface area (TPSA) is 58.6 Å². The molecule has 1 heterocycles. The molecule has 1 aliphatic rings. The molecule has 1 aliphatic heterocycles. The second-order valence-corrected chi connectivity index (χ2v) is 8.32. The highest BCUT2D eigenvalue weighted by molar-refractivity contribution is 8.26. The molecule has 29 heavy (non-hydrogen) atoms. The van der Waals surface area contributed by atoms with Crippen LogP contribution in [0.4, 0.5) is 5.69 Å². The molecular weight excluding hydrogens is 428 g/mol. The summed E-state index contributed by atoms with van der Waals surface area (Å²) in [5.41, 5.74) is 1.44. The van der Waals surface area contributed by atoms with Crippen molar-refractivity contribution in [2.24, 2.45) is 0 Å². The maximum Gasteiger partial charge on any atom is 0.266 e. The van der Waals surface area contributed by atoms with Crippen molar-refractivity contribution in [2.75, 3.05) is 19.0 Å². The van der Waals surface area contributed by atoms with Crippen LogP contribution >= 0.6 is 35.6 Å². The molecule has 0 radical (unpaired) electrons. The van der Waals surface area contributed by atoms with E-state index in [1.807, 2.05) is 18.2 Å². The third-order valence-corrected chi connectivity index (χ3v) is 5.93. The normalized spacial score (nSPS) is 15.1. The molecule has 0 bridgehead atoms. The molecule has 2 aromatic carbocycles. The summed E-state index contributed by atoms with van der Waals surface area (Å²) in [6.45, 7) is 0.385. The van der Waals surface area contributed by atoms with Gasteiger partial charge in [-0.25, -0.2) is 0 Å². The Balaban J connectivity index is 1.54. The highest BCUT2D eigenvalue weighted by atomic mass is 35.5. The molecule has 0 saturated carbocycles. The highest BCUT2D eigenvalue weighted by Gasteiger charge is 2.31. The van der Waals surface area contributed by atoms with Gasteiger partial charge in [-0.15, -0.1) is 0 Å². The Bertz CT molecular complexity index is 978. The number of benzene rings is 2. The van der Waals surface area contributed by atoms with Gasteiger partial charge in [-0.1, -0.05) is 59.8 Å². The second-order valence-electron chi connectivity index (χ2n) is 6.24. The van der Waals surface area contributed by atoms with Gasteiger partial charge in [-0.3, -0.25) is 14.5 Å². The summed E-state index contributed by atoms with van der Waals surface area (Å²) in [7, 11) is 1.57. The first-order chi connectivity index (χ1) is 14.0. The number of thioether (sulfide) groups is 1. The first kappa shape index (κ1) is 21.4. The number of hydrogen-bond acceptors (Lipinski definition) is 5. The minimum Gasteiger partial charge on any atom is -0.497 e. The first-order valence-corrected chi connectivity index (χ1v) is 10.5. The van der Waals surface area contributed by atoms with Crippen LogP contribution in [0.5, 0.6) is 5.75 Å². The smallest absolute Gasteiger partial charge is 0.266 e. The fraction of sp³-hybridized carbons (Fsp3) is 0.190. The number of carbonyl (C=O) groups excluding carboxylic acids is 2. The zero-order chi connectivity index (χ0) is 20.8. The summed E-state index contributed by atoms with van der Waals surface area (Å²) in [5.74, 6) is 0.383. The van der Waals surface area contributed by atoms with Crippen LogP contribution in [0, 0.1) is 0 Å². The standard InChI is InChI=1S/C21H19ClN2O3S2/c1-27-16-8-4-7-15(13-16)23-19(25)10-5-11-24-20(26)18(29-21(24)28)12-14-6-2-3-9-17(14)22/h2-4,6-9,12-13H,5,10-11H2,1H3,(H,23,25)/b18-12+. The highest BCUT2D eigenvalue weighted by Crippen LogP contribution is 2.33. The summed E-state index contributed by atoms with van der Waals surface area (Å²) in [6, 6.07) is 14.5. The number of amides is 2. The van der Waals surface area contributed by atoms with Gasteiger partial charge in [-0.2, -0.15) is 0 Å². The van der Waals surface area contributed by atoms with E-state index < -0.39 is 0 Å². The molecule has 1 saturated heterocycles. The predicted octanol–water partition coefficient (Wildman–Crippen LogP) is 4.97. The van der Waals surface area contributed by atoms with Gasteiger partial charge in [0, 0.05) is 29.7 Å². The Labute approximate surface area is 184 Å². The maximum atomic E-state index is 12.7. The average molecular weight is 447 g/mol. The van der Waals surface area contributed by atoms with Gasteiger partial charge in [0.05, 0.1) is 12.0 Å². The number of nitrogens with zero attached hydrogens (tertiary/aromatic N) is 1. The monoisotopic (exact) mass is 446 g/mol. The van der Waals surface area contributed by atoms with Crippen LogP contribution in [-0.4, -0.2) is 34.7 Å². The van der Waals surface area contributed by atoms with E-state index in [9.17, 15) is 9.59 Å². The molecule has 150 valence electrons. The van der Waals surface area contributed by atoms with Crippen LogP contribution < -0.4 is 10.1 Å². The van der Waals surface area contributed by atoms with Gasteiger partial charge in [0.25, 0.3) is 5.91 Å². The number of carbonyl (C=O) groups is 2. The van der Waals surface area contributed by atoms with E-state index >= 15 is 0 Å². The van der Waals surface area contributed by atoms with Gasteiger partial charge in [-0.05, 0) is 36.3 Å². The molecule has 0 aliphatic carbocycles. The molecule has 8 heteroatoms. The number of methoxy groups -OCH3 is 1. The average Bonchev–Trinajstić information content (AvgIpc) is 2.97. The molecule has 0 unspecified atom stereocenters. The molecule has 2 amide bonds. The minimum atomic E-state index is -0.159. The number of halogens is 1. The van der Waals surface area contributed by atoms with E-state index in [2.05, 4.69) is 5.32 Å². The molecule has 0 atom stereocenters. The number of ether oxygens (including phenoxy) is 1. The summed E-state index contributed by atoms with van der Waals surface area (Å²) >= 11 is 12.7. The third kappa shape index (κ3) is 5.59. The molecule has 0 aromatic heterocycles. The lowest BCUT2D eigenvalue weighted by Gasteiger charge is -2.14. The van der Waals surface area contributed by atoms with Gasteiger partial charge in [0.15, 0.2) is 0 Å². The van der Waals surface area contributed by atoms with Crippen LogP contribution in [0.1, 0.15) is 18.4 Å². The summed E-state index contributed by atoms with van der Waals surface area (Å²) in [5, 5.41) is 3.40. The Kier molecular flexibility index (Phi) is 7.30. The van der Waals surface area contributed by atoms with Gasteiger partial charge >= 0.3 is 0 Å². The van der Waals surface area contributed by atoms with Crippen LogP contribution in [0.15, 0.2) is 53.4 Å². The zero-order valence-electron chi connectivity index (χ0n) is 15.7. The number of hydrogen-bond donors (Lipinski definition) is 1. The zero-order valence-corrected chi connectivity index (χ0v) is 18.1. The fourth-order valence-corrected chi connectivity index (χ4v) is 4.24. The largest absolute Gasteiger partial charge is 0.497 e. The van der Waals surface area contributed by atoms with E-state index in [4.69, 9.17) is 28.6 Å². The van der Waals surface area contributed by atoms with E-state index in [0.717, 1.165) is 5.56 Å². The van der Waals surface area contributed by atoms with E-state index in [1.165, 1.54) is 16.7 Å². The van der Waals surface area contributed by atoms with Crippen molar-refractivity contribution in [3.05, 3.63) is 64.0 Å². The van der Waals surface area contributed by atoms with Gasteiger partial charge in [0.1, 0.15) is 10.1 Å². The lowest BCUT2D eigenvalue weighted by atomic mass is 10.2. The summed E-state index contributed by atoms with van der Waals surface area (Å²) in [6.07, 6.45) is 2.52. The molecule has 5 nitrogen and oxygen atoms in total. The quantitative estimate of drug-likeness (QED) is 0.480. The Hall–Kier alpha value is -2.35. The van der Waals surface area contributed by atoms with Gasteiger partial charge in [0.2, 0.25) is 5.91 Å². The molecular formula is C21H19ClN2O3S2. The van der Waals surface area contributed by atoms with Crippen molar-refractivity contribution in [3.63, 3.8) is 0 Å². The fourth-order valence-electron chi connectivity index (χ4n) is 2.75. The first-order valence-electron chi connectivity index (χ1n) is 8.92. The van der Waals surface area contributed by atoms with Crippen LogP contribution in [0.3, 0.4) is 0 Å². The van der Waals surface area contributed by atoms with Crippen LogP contribution in [0.2, 0.25) is 5.02 Å². The van der Waals surface area contributed by atoms with Crippen molar-refractivity contribution >= 4 is 63.5 Å². The third-order valence-electron chi connectivity index (χ3n) is 4.20. The second kappa shape index (κ2) is 9.91. The summed E-state index contributed by atoms with van der Waals surface area (Å²) < 4.78 is 5.63.